The fraction of sp³-hybridized carbons (Fsp3) is 0.273. The molecule has 0 saturated carbocycles. The standard InChI is InChI=1S/C22H25N3O2S/c1-5-11-27-21-17(7-6-8-20(21)26-4)13-23-25-22-24-19(14-28-22)18-10-9-15(2)12-16(18)3/h6-10,12-14H,5,11H2,1-4H3,(H,24,25)/b23-13-. The summed E-state index contributed by atoms with van der Waals surface area (Å²) in [7, 11) is 1.64. The van der Waals surface area contributed by atoms with Gasteiger partial charge in [0.1, 0.15) is 0 Å². The van der Waals surface area contributed by atoms with Crippen molar-refractivity contribution in [3.05, 3.63) is 58.5 Å². The lowest BCUT2D eigenvalue weighted by Crippen LogP contribution is -2.01. The fourth-order valence-corrected chi connectivity index (χ4v) is 3.52. The van der Waals surface area contributed by atoms with Crippen LogP contribution in [0.25, 0.3) is 11.3 Å². The number of thiazole rings is 1. The second kappa shape index (κ2) is 9.37. The van der Waals surface area contributed by atoms with Crippen LogP contribution >= 0.6 is 11.3 Å². The molecule has 146 valence electrons. The first-order valence-electron chi connectivity index (χ1n) is 9.24. The van der Waals surface area contributed by atoms with Crippen LogP contribution in [0.5, 0.6) is 11.5 Å². The number of aryl methyl sites for hydroxylation is 2. The van der Waals surface area contributed by atoms with E-state index in [0.717, 1.165) is 28.4 Å². The Kier molecular flexibility index (Phi) is 6.66. The van der Waals surface area contributed by atoms with Crippen molar-refractivity contribution in [3.63, 3.8) is 0 Å². The van der Waals surface area contributed by atoms with Crippen molar-refractivity contribution >= 4 is 22.7 Å². The summed E-state index contributed by atoms with van der Waals surface area (Å²) in [5.74, 6) is 1.40. The van der Waals surface area contributed by atoms with Gasteiger partial charge in [0, 0.05) is 16.5 Å². The van der Waals surface area contributed by atoms with E-state index in [0.29, 0.717) is 18.1 Å². The summed E-state index contributed by atoms with van der Waals surface area (Å²) in [5, 5.41) is 7.12. The van der Waals surface area contributed by atoms with Crippen LogP contribution in [0.1, 0.15) is 30.0 Å². The van der Waals surface area contributed by atoms with Crippen LogP contribution in [0.4, 0.5) is 5.13 Å². The van der Waals surface area contributed by atoms with E-state index < -0.39 is 0 Å². The lowest BCUT2D eigenvalue weighted by molar-refractivity contribution is 0.294. The van der Waals surface area contributed by atoms with Gasteiger partial charge in [-0.05, 0) is 38.0 Å². The molecule has 3 aromatic rings. The second-order valence-corrected chi connectivity index (χ2v) is 7.31. The van der Waals surface area contributed by atoms with Crippen LogP contribution in [-0.4, -0.2) is 24.9 Å². The Hall–Kier alpha value is -2.86. The Morgan fingerprint density at radius 3 is 2.82 bits per heavy atom. The molecule has 0 aliphatic heterocycles. The number of aromatic nitrogens is 1. The van der Waals surface area contributed by atoms with Crippen LogP contribution in [-0.2, 0) is 0 Å². The maximum absolute atomic E-state index is 5.84. The van der Waals surface area contributed by atoms with E-state index in [-0.39, 0.29) is 0 Å². The minimum atomic E-state index is 0.625. The minimum Gasteiger partial charge on any atom is -0.493 e. The van der Waals surface area contributed by atoms with E-state index in [9.17, 15) is 0 Å². The monoisotopic (exact) mass is 395 g/mol. The number of hydrogen-bond acceptors (Lipinski definition) is 6. The summed E-state index contributed by atoms with van der Waals surface area (Å²) < 4.78 is 11.2. The average molecular weight is 396 g/mol. The molecule has 0 aliphatic carbocycles. The number of para-hydroxylation sites is 1. The number of nitrogens with one attached hydrogen (secondary N) is 1. The lowest BCUT2D eigenvalue weighted by atomic mass is 10.0. The first-order valence-corrected chi connectivity index (χ1v) is 10.1. The van der Waals surface area contributed by atoms with Gasteiger partial charge in [-0.25, -0.2) is 4.98 Å². The molecular weight excluding hydrogens is 370 g/mol. The average Bonchev–Trinajstić information content (AvgIpc) is 3.15. The summed E-state index contributed by atoms with van der Waals surface area (Å²) >= 11 is 1.53. The van der Waals surface area contributed by atoms with Gasteiger partial charge in [-0.2, -0.15) is 5.10 Å². The molecule has 0 amide bonds. The van der Waals surface area contributed by atoms with E-state index in [1.807, 2.05) is 23.6 Å². The smallest absolute Gasteiger partial charge is 0.203 e. The fourth-order valence-electron chi connectivity index (χ4n) is 2.86. The molecule has 28 heavy (non-hydrogen) atoms. The summed E-state index contributed by atoms with van der Waals surface area (Å²) in [4.78, 5) is 4.65. The quantitative estimate of drug-likeness (QED) is 0.394. The Morgan fingerprint density at radius 2 is 2.07 bits per heavy atom. The molecule has 3 rings (SSSR count). The van der Waals surface area contributed by atoms with E-state index in [2.05, 4.69) is 54.5 Å². The largest absolute Gasteiger partial charge is 0.493 e. The Bertz CT molecular complexity index is 966. The van der Waals surface area contributed by atoms with Gasteiger partial charge in [0.2, 0.25) is 5.13 Å². The summed E-state index contributed by atoms with van der Waals surface area (Å²) in [6.45, 7) is 6.89. The topological polar surface area (TPSA) is 55.7 Å². The van der Waals surface area contributed by atoms with Crippen molar-refractivity contribution in [2.75, 3.05) is 19.1 Å². The van der Waals surface area contributed by atoms with Crippen molar-refractivity contribution in [3.8, 4) is 22.8 Å². The van der Waals surface area contributed by atoms with Gasteiger partial charge in [-0.3, -0.25) is 5.43 Å². The predicted molar refractivity (Wildman–Crippen MR) is 117 cm³/mol. The molecule has 5 nitrogen and oxygen atoms in total. The summed E-state index contributed by atoms with van der Waals surface area (Å²) in [6, 6.07) is 12.1. The molecule has 0 saturated heterocycles. The SMILES string of the molecule is CCCOc1c(/C=N\Nc2nc(-c3ccc(C)cc3C)cs2)cccc1OC. The number of anilines is 1. The Labute approximate surface area is 170 Å². The second-order valence-electron chi connectivity index (χ2n) is 6.45. The van der Waals surface area contributed by atoms with Gasteiger partial charge in [0.25, 0.3) is 0 Å². The van der Waals surface area contributed by atoms with Crippen molar-refractivity contribution in [1.29, 1.82) is 0 Å². The van der Waals surface area contributed by atoms with Gasteiger partial charge in [-0.1, -0.05) is 36.8 Å². The van der Waals surface area contributed by atoms with Crippen molar-refractivity contribution in [2.24, 2.45) is 5.10 Å². The van der Waals surface area contributed by atoms with Crippen LogP contribution in [0, 0.1) is 13.8 Å². The summed E-state index contributed by atoms with van der Waals surface area (Å²) in [6.07, 6.45) is 2.65. The highest BCUT2D eigenvalue weighted by Crippen LogP contribution is 2.31. The zero-order valence-corrected chi connectivity index (χ0v) is 17.5. The van der Waals surface area contributed by atoms with E-state index >= 15 is 0 Å². The third-order valence-corrected chi connectivity index (χ3v) is 4.95. The highest BCUT2D eigenvalue weighted by Gasteiger charge is 2.10. The van der Waals surface area contributed by atoms with E-state index in [1.54, 1.807) is 13.3 Å². The molecule has 0 atom stereocenters. The number of nitrogens with zero attached hydrogens (tertiary/aromatic N) is 2. The number of benzene rings is 2. The van der Waals surface area contributed by atoms with E-state index in [1.165, 1.54) is 22.5 Å². The number of rotatable bonds is 8. The molecule has 0 radical (unpaired) electrons. The molecule has 1 heterocycles. The maximum Gasteiger partial charge on any atom is 0.203 e. The maximum atomic E-state index is 5.84. The van der Waals surface area contributed by atoms with Crippen LogP contribution in [0.2, 0.25) is 0 Å². The normalized spacial score (nSPS) is 11.0. The van der Waals surface area contributed by atoms with E-state index in [4.69, 9.17) is 9.47 Å². The molecule has 1 N–H and O–H groups in total. The van der Waals surface area contributed by atoms with Gasteiger partial charge in [0.15, 0.2) is 11.5 Å². The first-order chi connectivity index (χ1) is 13.6. The van der Waals surface area contributed by atoms with Crippen LogP contribution in [0.3, 0.4) is 0 Å². The number of hydrazone groups is 1. The Balaban J connectivity index is 1.74. The van der Waals surface area contributed by atoms with Crippen LogP contribution < -0.4 is 14.9 Å². The number of hydrogen-bond donors (Lipinski definition) is 1. The van der Waals surface area contributed by atoms with Gasteiger partial charge in [-0.15, -0.1) is 11.3 Å². The Morgan fingerprint density at radius 1 is 1.21 bits per heavy atom. The third kappa shape index (κ3) is 4.70. The van der Waals surface area contributed by atoms with Crippen LogP contribution in [0.15, 0.2) is 46.9 Å². The zero-order chi connectivity index (χ0) is 19.9. The number of ether oxygens (including phenoxy) is 2. The zero-order valence-electron chi connectivity index (χ0n) is 16.7. The molecule has 6 heteroatoms. The van der Waals surface area contributed by atoms with Gasteiger partial charge < -0.3 is 9.47 Å². The summed E-state index contributed by atoms with van der Waals surface area (Å²) in [5.41, 5.74) is 8.43. The first kappa shape index (κ1) is 19.9. The van der Waals surface area contributed by atoms with Gasteiger partial charge in [0.05, 0.1) is 25.6 Å². The molecule has 0 unspecified atom stereocenters. The lowest BCUT2D eigenvalue weighted by Gasteiger charge is -2.12. The van der Waals surface area contributed by atoms with Gasteiger partial charge >= 0.3 is 0 Å². The minimum absolute atomic E-state index is 0.625. The highest BCUT2D eigenvalue weighted by molar-refractivity contribution is 7.14. The van der Waals surface area contributed by atoms with Crippen molar-refractivity contribution in [2.45, 2.75) is 27.2 Å². The number of methoxy groups -OCH3 is 1. The molecular formula is C22H25N3O2S. The molecule has 1 aromatic heterocycles. The molecule has 0 bridgehead atoms. The molecule has 0 spiro atoms. The predicted octanol–water partition coefficient (Wildman–Crippen LogP) is 5.67. The van der Waals surface area contributed by atoms with Crippen molar-refractivity contribution in [1.82, 2.24) is 4.98 Å². The van der Waals surface area contributed by atoms with Crippen molar-refractivity contribution < 1.29 is 9.47 Å². The molecule has 0 fully saturated rings. The third-order valence-electron chi connectivity index (χ3n) is 4.21. The molecule has 2 aromatic carbocycles. The molecule has 0 aliphatic rings. The highest BCUT2D eigenvalue weighted by atomic mass is 32.1.